The molecule has 3 N–H and O–H groups in total. The first-order valence-corrected chi connectivity index (χ1v) is 9.56. The molecular weight excluding hydrogens is 340 g/mol. The van der Waals surface area contributed by atoms with Crippen molar-refractivity contribution in [3.8, 4) is 10.6 Å². The lowest BCUT2D eigenvalue weighted by Gasteiger charge is -2.23. The molecule has 3 rings (SSSR count). The first-order chi connectivity index (χ1) is 11.8. The maximum atomic E-state index is 5.37. The maximum Gasteiger partial charge on any atom is 0.170 e. The predicted octanol–water partition coefficient (Wildman–Crippen LogP) is 1.40. The smallest absolute Gasteiger partial charge is 0.170 e. The average Bonchev–Trinajstić information content (AvgIpc) is 3.15. The van der Waals surface area contributed by atoms with Gasteiger partial charge in [-0.05, 0) is 36.5 Å². The fourth-order valence-corrected chi connectivity index (χ4v) is 3.55. The minimum absolute atomic E-state index is 0.675. The van der Waals surface area contributed by atoms with Crippen LogP contribution in [-0.4, -0.2) is 49.5 Å². The highest BCUT2D eigenvalue weighted by Crippen LogP contribution is 2.23. The van der Waals surface area contributed by atoms with E-state index in [1.807, 2.05) is 23.7 Å². The van der Waals surface area contributed by atoms with Crippen molar-refractivity contribution in [3.05, 3.63) is 35.8 Å². The Morgan fingerprint density at radius 3 is 2.75 bits per heavy atom. The van der Waals surface area contributed by atoms with Crippen LogP contribution in [-0.2, 0) is 4.74 Å². The molecule has 2 aromatic rings. The summed E-state index contributed by atoms with van der Waals surface area (Å²) < 4.78 is 5.37. The zero-order valence-corrected chi connectivity index (χ0v) is 15.2. The Labute approximate surface area is 152 Å². The van der Waals surface area contributed by atoms with Crippen molar-refractivity contribution in [1.82, 2.24) is 10.3 Å². The number of benzene rings is 1. The molecule has 1 aromatic carbocycles. The molecule has 0 saturated carbocycles. The Morgan fingerprint density at radius 1 is 1.25 bits per heavy atom. The van der Waals surface area contributed by atoms with Gasteiger partial charge in [0.15, 0.2) is 5.11 Å². The Balaban J connectivity index is 1.37. The van der Waals surface area contributed by atoms with Gasteiger partial charge in [-0.2, -0.15) is 0 Å². The third-order valence-corrected chi connectivity index (χ3v) is 5.08. The maximum absolute atomic E-state index is 5.37. The van der Waals surface area contributed by atoms with Crippen molar-refractivity contribution < 1.29 is 9.64 Å². The first kappa shape index (κ1) is 17.3. The number of nitrogens with zero attached hydrogens (tertiary/aromatic N) is 1. The van der Waals surface area contributed by atoms with Crippen LogP contribution < -0.4 is 15.5 Å². The van der Waals surface area contributed by atoms with E-state index >= 15 is 0 Å². The summed E-state index contributed by atoms with van der Waals surface area (Å²) in [5, 5.41) is 10.2. The van der Waals surface area contributed by atoms with Gasteiger partial charge in [0.25, 0.3) is 0 Å². The van der Waals surface area contributed by atoms with Crippen LogP contribution in [0.1, 0.15) is 6.42 Å². The quantitative estimate of drug-likeness (QED) is 0.535. The molecule has 0 radical (unpaired) electrons. The van der Waals surface area contributed by atoms with Gasteiger partial charge in [-0.15, -0.1) is 11.3 Å². The Morgan fingerprint density at radius 2 is 2.04 bits per heavy atom. The van der Waals surface area contributed by atoms with Gasteiger partial charge in [-0.1, -0.05) is 0 Å². The third kappa shape index (κ3) is 5.24. The zero-order valence-electron chi connectivity index (χ0n) is 13.6. The van der Waals surface area contributed by atoms with Gasteiger partial charge in [0.2, 0.25) is 0 Å². The van der Waals surface area contributed by atoms with Crippen molar-refractivity contribution in [3.63, 3.8) is 0 Å². The molecule has 2 heterocycles. The molecule has 0 aliphatic carbocycles. The normalized spacial score (nSPS) is 15.2. The number of quaternary nitrogens is 1. The molecule has 128 valence electrons. The number of anilines is 1. The molecule has 5 nitrogen and oxygen atoms in total. The molecule has 7 heteroatoms. The van der Waals surface area contributed by atoms with Gasteiger partial charge in [-0.3, -0.25) is 0 Å². The van der Waals surface area contributed by atoms with Crippen molar-refractivity contribution in [2.24, 2.45) is 0 Å². The van der Waals surface area contributed by atoms with E-state index in [0.29, 0.717) is 5.11 Å². The summed E-state index contributed by atoms with van der Waals surface area (Å²) in [6, 6.07) is 8.18. The molecule has 1 aromatic heterocycles. The lowest BCUT2D eigenvalue weighted by molar-refractivity contribution is -0.908. The van der Waals surface area contributed by atoms with E-state index in [0.717, 1.165) is 55.5 Å². The molecule has 1 aliphatic heterocycles. The minimum atomic E-state index is 0.675. The minimum Gasteiger partial charge on any atom is -0.370 e. The molecule has 0 amide bonds. The molecule has 1 fully saturated rings. The Kier molecular flexibility index (Phi) is 6.54. The number of thiocarbonyl (C=S) groups is 1. The highest BCUT2D eigenvalue weighted by Gasteiger charge is 2.12. The SMILES string of the molecule is S=C(NCCC[NH+]1CCOCC1)Nc1ccc(-c2nccs2)cc1. The summed E-state index contributed by atoms with van der Waals surface area (Å²) >= 11 is 7.00. The number of hydrogen-bond acceptors (Lipinski definition) is 4. The number of aromatic nitrogens is 1. The van der Waals surface area contributed by atoms with Crippen LogP contribution in [0.2, 0.25) is 0 Å². The number of nitrogens with one attached hydrogen (secondary N) is 3. The Hall–Kier alpha value is -1.54. The van der Waals surface area contributed by atoms with Gasteiger partial charge in [0, 0.05) is 35.8 Å². The van der Waals surface area contributed by atoms with Crippen molar-refractivity contribution in [1.29, 1.82) is 0 Å². The van der Waals surface area contributed by atoms with Gasteiger partial charge >= 0.3 is 0 Å². The Bertz CT molecular complexity index is 625. The molecule has 1 saturated heterocycles. The number of hydrogen-bond donors (Lipinski definition) is 3. The second-order valence-electron chi connectivity index (χ2n) is 5.76. The van der Waals surface area contributed by atoms with Crippen LogP contribution in [0.5, 0.6) is 0 Å². The number of thiazole rings is 1. The third-order valence-electron chi connectivity index (χ3n) is 4.01. The fraction of sp³-hybridized carbons (Fsp3) is 0.412. The topological polar surface area (TPSA) is 50.6 Å². The van der Waals surface area contributed by atoms with E-state index in [1.165, 1.54) is 6.54 Å². The average molecular weight is 364 g/mol. The van der Waals surface area contributed by atoms with Crippen LogP contribution >= 0.6 is 23.6 Å². The summed E-state index contributed by atoms with van der Waals surface area (Å²) in [7, 11) is 0. The first-order valence-electron chi connectivity index (χ1n) is 8.27. The van der Waals surface area contributed by atoms with Gasteiger partial charge in [-0.25, -0.2) is 4.98 Å². The molecule has 0 bridgehead atoms. The van der Waals surface area contributed by atoms with Crippen molar-refractivity contribution in [2.75, 3.05) is 44.7 Å². The molecular formula is C17H23N4OS2+. The van der Waals surface area contributed by atoms with Crippen LogP contribution in [0.25, 0.3) is 10.6 Å². The van der Waals surface area contributed by atoms with Gasteiger partial charge in [0.1, 0.15) is 18.1 Å². The predicted molar refractivity (Wildman–Crippen MR) is 103 cm³/mol. The lowest BCUT2D eigenvalue weighted by atomic mass is 10.2. The van der Waals surface area contributed by atoms with Gasteiger partial charge in [0.05, 0.1) is 19.8 Å². The second kappa shape index (κ2) is 9.08. The highest BCUT2D eigenvalue weighted by molar-refractivity contribution is 7.80. The largest absolute Gasteiger partial charge is 0.370 e. The van der Waals surface area contributed by atoms with Gasteiger partial charge < -0.3 is 20.3 Å². The number of rotatable bonds is 6. The van der Waals surface area contributed by atoms with E-state index < -0.39 is 0 Å². The van der Waals surface area contributed by atoms with Crippen molar-refractivity contribution in [2.45, 2.75) is 6.42 Å². The van der Waals surface area contributed by atoms with E-state index in [1.54, 1.807) is 16.2 Å². The summed E-state index contributed by atoms with van der Waals surface area (Å²) in [5.74, 6) is 0. The molecule has 0 spiro atoms. The molecule has 1 aliphatic rings. The van der Waals surface area contributed by atoms with Crippen molar-refractivity contribution >= 4 is 34.4 Å². The molecule has 0 unspecified atom stereocenters. The summed E-state index contributed by atoms with van der Waals surface area (Å²) in [6.45, 7) is 6.08. The lowest BCUT2D eigenvalue weighted by Crippen LogP contribution is -3.14. The van der Waals surface area contributed by atoms with Crippen LogP contribution in [0, 0.1) is 0 Å². The van der Waals surface area contributed by atoms with Crippen LogP contribution in [0.3, 0.4) is 0 Å². The monoisotopic (exact) mass is 363 g/mol. The molecule has 24 heavy (non-hydrogen) atoms. The second-order valence-corrected chi connectivity index (χ2v) is 7.06. The summed E-state index contributed by atoms with van der Waals surface area (Å²) in [4.78, 5) is 5.94. The zero-order chi connectivity index (χ0) is 16.6. The summed E-state index contributed by atoms with van der Waals surface area (Å²) in [5.41, 5.74) is 2.12. The van der Waals surface area contributed by atoms with E-state index in [4.69, 9.17) is 17.0 Å². The summed E-state index contributed by atoms with van der Waals surface area (Å²) in [6.07, 6.45) is 2.93. The number of ether oxygens (including phenoxy) is 1. The van der Waals surface area contributed by atoms with E-state index in [2.05, 4.69) is 27.8 Å². The van der Waals surface area contributed by atoms with Crippen LogP contribution in [0.15, 0.2) is 35.8 Å². The van der Waals surface area contributed by atoms with E-state index in [9.17, 15) is 0 Å². The standard InChI is InChI=1S/C17H22N4OS2/c23-17(19-6-1-8-21-9-11-22-12-10-21)20-15-4-2-14(3-5-15)16-18-7-13-24-16/h2-5,7,13H,1,6,8-12H2,(H2,19,20,23)/p+1. The number of morpholine rings is 1. The molecule has 0 atom stereocenters. The fourth-order valence-electron chi connectivity index (χ4n) is 2.69. The highest BCUT2D eigenvalue weighted by atomic mass is 32.1. The van der Waals surface area contributed by atoms with Crippen LogP contribution in [0.4, 0.5) is 5.69 Å². The van der Waals surface area contributed by atoms with E-state index in [-0.39, 0.29) is 0 Å².